The van der Waals surface area contributed by atoms with E-state index in [0.717, 1.165) is 17.8 Å². The second-order valence-corrected chi connectivity index (χ2v) is 3.15. The number of ether oxygens (including phenoxy) is 1. The molecule has 0 radical (unpaired) electrons. The first-order chi connectivity index (χ1) is 7.72. The van der Waals surface area contributed by atoms with Gasteiger partial charge in [0.1, 0.15) is 13.0 Å². The van der Waals surface area contributed by atoms with Gasteiger partial charge < -0.3 is 10.5 Å². The molecule has 0 bridgehead atoms. The molecular formula is C12H13NO3. The third-order valence-electron chi connectivity index (χ3n) is 1.84. The lowest BCUT2D eigenvalue weighted by molar-refractivity contribution is -0.146. The minimum Gasteiger partial charge on any atom is -0.460 e. The Morgan fingerprint density at radius 3 is 2.56 bits per heavy atom. The molecule has 0 saturated carbocycles. The molecule has 0 unspecified atom stereocenters. The lowest BCUT2D eigenvalue weighted by Gasteiger charge is -2.03. The molecule has 1 aromatic carbocycles. The van der Waals surface area contributed by atoms with Gasteiger partial charge in [0.05, 0.1) is 0 Å². The predicted octanol–water partition coefficient (Wildman–Crippen LogP) is 1.16. The topological polar surface area (TPSA) is 69.4 Å². The van der Waals surface area contributed by atoms with Gasteiger partial charge in [-0.2, -0.15) is 0 Å². The van der Waals surface area contributed by atoms with E-state index >= 15 is 0 Å². The van der Waals surface area contributed by atoms with Crippen LogP contribution in [0.4, 0.5) is 0 Å². The van der Waals surface area contributed by atoms with Gasteiger partial charge >= 0.3 is 5.97 Å². The number of hydrogen-bond donors (Lipinski definition) is 1. The summed E-state index contributed by atoms with van der Waals surface area (Å²) in [6, 6.07) is 9.27. The molecule has 16 heavy (non-hydrogen) atoms. The lowest BCUT2D eigenvalue weighted by atomic mass is 10.2. The molecule has 0 saturated heterocycles. The van der Waals surface area contributed by atoms with Crippen molar-refractivity contribution in [1.82, 2.24) is 0 Å². The Balaban J connectivity index is 2.33. The molecule has 0 aromatic heterocycles. The number of benzene rings is 1. The van der Waals surface area contributed by atoms with Crippen LogP contribution in [0, 0.1) is 0 Å². The van der Waals surface area contributed by atoms with Gasteiger partial charge in [-0.25, -0.2) is 0 Å². The van der Waals surface area contributed by atoms with Crippen molar-refractivity contribution in [3.05, 3.63) is 48.2 Å². The third kappa shape index (κ3) is 4.41. The molecule has 0 spiro atoms. The number of carbonyl (C=O) groups excluding carboxylic acids is 2. The summed E-state index contributed by atoms with van der Waals surface area (Å²) in [7, 11) is 0. The van der Waals surface area contributed by atoms with Gasteiger partial charge in [-0.15, -0.1) is 0 Å². The molecule has 0 aliphatic heterocycles. The van der Waals surface area contributed by atoms with Crippen LogP contribution in [0.15, 0.2) is 42.6 Å². The minimum atomic E-state index is -0.549. The summed E-state index contributed by atoms with van der Waals surface area (Å²) >= 11 is 0. The van der Waals surface area contributed by atoms with Gasteiger partial charge in [0.2, 0.25) is 0 Å². The molecule has 0 fully saturated rings. The van der Waals surface area contributed by atoms with Gasteiger partial charge in [-0.3, -0.25) is 9.59 Å². The number of rotatable bonds is 5. The normalized spacial score (nSPS) is 10.2. The predicted molar refractivity (Wildman–Crippen MR) is 59.2 cm³/mol. The number of nitrogens with two attached hydrogens (primary N) is 1. The van der Waals surface area contributed by atoms with E-state index in [1.807, 2.05) is 30.3 Å². The van der Waals surface area contributed by atoms with Crippen molar-refractivity contribution in [2.75, 3.05) is 0 Å². The van der Waals surface area contributed by atoms with Gasteiger partial charge in [-0.1, -0.05) is 30.3 Å². The SMILES string of the molecule is N/C=C/C(=O)CC(=O)OCc1ccccc1. The number of carbonyl (C=O) groups is 2. The maximum atomic E-state index is 11.2. The van der Waals surface area contributed by atoms with E-state index in [0.29, 0.717) is 0 Å². The molecule has 1 aromatic rings. The van der Waals surface area contributed by atoms with E-state index in [2.05, 4.69) is 0 Å². The molecule has 84 valence electrons. The van der Waals surface area contributed by atoms with Crippen LogP contribution < -0.4 is 5.73 Å². The van der Waals surface area contributed by atoms with E-state index in [4.69, 9.17) is 10.5 Å². The third-order valence-corrected chi connectivity index (χ3v) is 1.84. The van der Waals surface area contributed by atoms with Crippen molar-refractivity contribution in [1.29, 1.82) is 0 Å². The molecule has 0 amide bonds. The summed E-state index contributed by atoms with van der Waals surface area (Å²) in [5.41, 5.74) is 5.90. The number of ketones is 1. The zero-order valence-corrected chi connectivity index (χ0v) is 8.76. The maximum Gasteiger partial charge on any atom is 0.314 e. The van der Waals surface area contributed by atoms with Crippen LogP contribution in [0.25, 0.3) is 0 Å². The number of esters is 1. The molecule has 0 atom stereocenters. The summed E-state index contributed by atoms with van der Waals surface area (Å²) in [6.45, 7) is 0.180. The highest BCUT2D eigenvalue weighted by Crippen LogP contribution is 2.01. The zero-order chi connectivity index (χ0) is 11.8. The van der Waals surface area contributed by atoms with Gasteiger partial charge in [-0.05, 0) is 17.8 Å². The van der Waals surface area contributed by atoms with Crippen LogP contribution >= 0.6 is 0 Å². The fourth-order valence-corrected chi connectivity index (χ4v) is 1.10. The second-order valence-electron chi connectivity index (χ2n) is 3.15. The molecule has 4 nitrogen and oxygen atoms in total. The fraction of sp³-hybridized carbons (Fsp3) is 0.167. The van der Waals surface area contributed by atoms with Gasteiger partial charge in [0, 0.05) is 0 Å². The van der Waals surface area contributed by atoms with Crippen molar-refractivity contribution in [2.45, 2.75) is 13.0 Å². The highest BCUT2D eigenvalue weighted by Gasteiger charge is 2.07. The summed E-state index contributed by atoms with van der Waals surface area (Å²) < 4.78 is 4.91. The molecule has 4 heteroatoms. The number of allylic oxidation sites excluding steroid dienone is 1. The van der Waals surface area contributed by atoms with Crippen molar-refractivity contribution < 1.29 is 14.3 Å². The van der Waals surface area contributed by atoms with Crippen molar-refractivity contribution in [3.8, 4) is 0 Å². The molecular weight excluding hydrogens is 206 g/mol. The van der Waals surface area contributed by atoms with Gasteiger partial charge in [0.25, 0.3) is 0 Å². The van der Waals surface area contributed by atoms with E-state index in [1.54, 1.807) is 0 Å². The average Bonchev–Trinajstić information content (AvgIpc) is 2.28. The zero-order valence-electron chi connectivity index (χ0n) is 8.76. The highest BCUT2D eigenvalue weighted by atomic mass is 16.5. The summed E-state index contributed by atoms with van der Waals surface area (Å²) in [5, 5.41) is 0. The summed E-state index contributed by atoms with van der Waals surface area (Å²) in [6.07, 6.45) is 1.97. The van der Waals surface area contributed by atoms with Crippen LogP contribution in [0.1, 0.15) is 12.0 Å². The molecule has 2 N–H and O–H groups in total. The maximum absolute atomic E-state index is 11.2. The largest absolute Gasteiger partial charge is 0.460 e. The van der Waals surface area contributed by atoms with Crippen LogP contribution in [0.3, 0.4) is 0 Å². The second kappa shape index (κ2) is 6.40. The number of hydrogen-bond acceptors (Lipinski definition) is 4. The smallest absolute Gasteiger partial charge is 0.314 e. The quantitative estimate of drug-likeness (QED) is 0.458. The first kappa shape index (κ1) is 12.0. The molecule has 1 rings (SSSR count). The first-order valence-electron chi connectivity index (χ1n) is 4.83. The Morgan fingerprint density at radius 2 is 1.94 bits per heavy atom. The van der Waals surface area contributed by atoms with Crippen LogP contribution in [-0.4, -0.2) is 11.8 Å². The monoisotopic (exact) mass is 219 g/mol. The first-order valence-corrected chi connectivity index (χ1v) is 4.83. The standard InChI is InChI=1S/C12H13NO3/c13-7-6-11(14)8-12(15)16-9-10-4-2-1-3-5-10/h1-7H,8-9,13H2/b7-6+. The Hall–Kier alpha value is -2.10. The van der Waals surface area contributed by atoms with Crippen molar-refractivity contribution in [3.63, 3.8) is 0 Å². The van der Waals surface area contributed by atoms with Crippen LogP contribution in [0.2, 0.25) is 0 Å². The fourth-order valence-electron chi connectivity index (χ4n) is 1.10. The molecule has 0 aliphatic rings. The van der Waals surface area contributed by atoms with E-state index in [9.17, 15) is 9.59 Å². The van der Waals surface area contributed by atoms with E-state index < -0.39 is 5.97 Å². The highest BCUT2D eigenvalue weighted by molar-refractivity contribution is 6.01. The summed E-state index contributed by atoms with van der Waals surface area (Å²) in [5.74, 6) is -0.910. The lowest BCUT2D eigenvalue weighted by Crippen LogP contribution is -2.09. The molecule has 0 aliphatic carbocycles. The van der Waals surface area contributed by atoms with Crippen LogP contribution in [0.5, 0.6) is 0 Å². The van der Waals surface area contributed by atoms with E-state index in [-0.39, 0.29) is 18.8 Å². The Bertz CT molecular complexity index is 385. The minimum absolute atomic E-state index is 0.180. The van der Waals surface area contributed by atoms with Crippen molar-refractivity contribution in [2.24, 2.45) is 5.73 Å². The van der Waals surface area contributed by atoms with E-state index in [1.165, 1.54) is 0 Å². The Morgan fingerprint density at radius 1 is 1.25 bits per heavy atom. The molecule has 0 heterocycles. The van der Waals surface area contributed by atoms with Crippen molar-refractivity contribution >= 4 is 11.8 Å². The Kier molecular flexibility index (Phi) is 4.79. The Labute approximate surface area is 93.7 Å². The summed E-state index contributed by atoms with van der Waals surface area (Å²) in [4.78, 5) is 22.2. The van der Waals surface area contributed by atoms with Gasteiger partial charge in [0.15, 0.2) is 5.78 Å². The average molecular weight is 219 g/mol. The van der Waals surface area contributed by atoms with Crippen LogP contribution in [-0.2, 0) is 20.9 Å².